The Morgan fingerprint density at radius 2 is 1.80 bits per heavy atom. The third-order valence-electron chi connectivity index (χ3n) is 5.39. The molecule has 0 aliphatic rings. The first-order chi connectivity index (χ1) is 18.9. The highest BCUT2D eigenvalue weighted by molar-refractivity contribution is 7.90. The Morgan fingerprint density at radius 3 is 2.45 bits per heavy atom. The van der Waals surface area contributed by atoms with Crippen LogP contribution in [0.2, 0.25) is 0 Å². The number of nitrogens with one attached hydrogen (secondary N) is 3. The lowest BCUT2D eigenvalue weighted by molar-refractivity contribution is 0.0523. The Morgan fingerprint density at radius 1 is 1.05 bits per heavy atom. The van der Waals surface area contributed by atoms with Gasteiger partial charge in [-0.05, 0) is 68.8 Å². The lowest BCUT2D eigenvalue weighted by atomic mass is 10.1. The first-order valence-electron chi connectivity index (χ1n) is 12.2. The van der Waals surface area contributed by atoms with Gasteiger partial charge in [-0.3, -0.25) is 9.78 Å². The molecule has 0 bridgehead atoms. The number of carbonyl (C=O) groups is 2. The van der Waals surface area contributed by atoms with Crippen LogP contribution < -0.4 is 16.0 Å². The topological polar surface area (TPSA) is 139 Å². The fourth-order valence-corrected chi connectivity index (χ4v) is 5.14. The first kappa shape index (κ1) is 28.7. The van der Waals surface area contributed by atoms with Crippen LogP contribution in [0.15, 0.2) is 77.3 Å². The monoisotopic (exact) mass is 579 g/mol. The number of aromatic nitrogens is 2. The van der Waals surface area contributed by atoms with Gasteiger partial charge in [0.2, 0.25) is 0 Å². The van der Waals surface area contributed by atoms with Gasteiger partial charge in [-0.15, -0.1) is 11.3 Å². The van der Waals surface area contributed by atoms with E-state index in [-0.39, 0.29) is 23.0 Å². The Kier molecular flexibility index (Phi) is 8.50. The van der Waals surface area contributed by atoms with E-state index in [0.29, 0.717) is 22.1 Å². The fourth-order valence-electron chi connectivity index (χ4n) is 3.59. The van der Waals surface area contributed by atoms with E-state index >= 15 is 0 Å². The predicted molar refractivity (Wildman–Crippen MR) is 156 cm³/mol. The number of ether oxygens (including phenoxy) is 1. The van der Waals surface area contributed by atoms with Crippen molar-refractivity contribution in [3.05, 3.63) is 83.5 Å². The lowest BCUT2D eigenvalue weighted by Gasteiger charge is -2.19. The zero-order chi connectivity index (χ0) is 28.9. The molecule has 0 saturated carbocycles. The number of hydrogen-bond donors (Lipinski definition) is 3. The van der Waals surface area contributed by atoms with E-state index in [9.17, 15) is 18.0 Å². The molecule has 40 heavy (non-hydrogen) atoms. The molecule has 3 N–H and O–H groups in total. The van der Waals surface area contributed by atoms with Gasteiger partial charge in [0.15, 0.2) is 15.0 Å². The molecule has 10 nitrogen and oxygen atoms in total. The molecule has 2 aromatic carbocycles. The lowest BCUT2D eigenvalue weighted by Crippen LogP contribution is -2.32. The van der Waals surface area contributed by atoms with Crippen molar-refractivity contribution in [1.82, 2.24) is 15.3 Å². The Balaban J connectivity index is 1.46. The SMILES string of the molecule is CC(C)(C)OC(=O)NCc1ccc(C(=O)Nc2ccc(S(C)(=O)=O)c(Nc3nc(-c4cccnc4)cs3)c2)cc1. The standard InChI is InChI=1S/C28H29N5O5S2/c1-28(2,3)38-27(35)30-15-18-7-9-19(10-8-18)25(34)31-21-11-12-24(40(4,36)37)22(14-21)32-26-33-23(17-39-26)20-6-5-13-29-16-20/h5-14,16-17H,15H2,1-4H3,(H,30,35)(H,31,34)(H,32,33). The molecule has 0 atom stereocenters. The van der Waals surface area contributed by atoms with Crippen molar-refractivity contribution < 1.29 is 22.7 Å². The van der Waals surface area contributed by atoms with Crippen LogP contribution >= 0.6 is 11.3 Å². The summed E-state index contributed by atoms with van der Waals surface area (Å²) in [5.74, 6) is -0.377. The second-order valence-corrected chi connectivity index (χ2v) is 12.7. The third kappa shape index (κ3) is 7.87. The Hall–Kier alpha value is -4.29. The summed E-state index contributed by atoms with van der Waals surface area (Å²) < 4.78 is 30.1. The van der Waals surface area contributed by atoms with Crippen LogP contribution in [-0.2, 0) is 21.1 Å². The van der Waals surface area contributed by atoms with Crippen molar-refractivity contribution in [2.24, 2.45) is 0 Å². The van der Waals surface area contributed by atoms with Crippen LogP contribution in [0.25, 0.3) is 11.3 Å². The molecule has 0 aliphatic heterocycles. The number of pyridine rings is 1. The number of carbonyl (C=O) groups excluding carboxylic acids is 2. The summed E-state index contributed by atoms with van der Waals surface area (Å²) in [6, 6.07) is 15.0. The van der Waals surface area contributed by atoms with E-state index in [1.54, 1.807) is 63.5 Å². The molecule has 0 fully saturated rings. The van der Waals surface area contributed by atoms with E-state index in [1.807, 2.05) is 17.5 Å². The van der Waals surface area contributed by atoms with Gasteiger partial charge in [-0.1, -0.05) is 12.1 Å². The number of thiazole rings is 1. The molecule has 12 heteroatoms. The van der Waals surface area contributed by atoms with Crippen molar-refractivity contribution in [3.63, 3.8) is 0 Å². The summed E-state index contributed by atoms with van der Waals surface area (Å²) in [4.78, 5) is 33.5. The summed E-state index contributed by atoms with van der Waals surface area (Å²) in [5.41, 5.74) is 2.82. The van der Waals surface area contributed by atoms with Crippen molar-refractivity contribution in [2.75, 3.05) is 16.9 Å². The molecule has 0 spiro atoms. The minimum atomic E-state index is -3.57. The zero-order valence-corrected chi connectivity index (χ0v) is 24.0. The summed E-state index contributed by atoms with van der Waals surface area (Å²) in [6.07, 6.45) is 3.96. The Labute approximate surface area is 236 Å². The molecule has 4 aromatic rings. The van der Waals surface area contributed by atoms with Crippen molar-refractivity contribution in [3.8, 4) is 11.3 Å². The van der Waals surface area contributed by atoms with Gasteiger partial charge < -0.3 is 20.7 Å². The van der Waals surface area contributed by atoms with Gasteiger partial charge >= 0.3 is 6.09 Å². The maximum absolute atomic E-state index is 12.9. The van der Waals surface area contributed by atoms with E-state index in [2.05, 4.69) is 25.9 Å². The smallest absolute Gasteiger partial charge is 0.407 e. The highest BCUT2D eigenvalue weighted by Gasteiger charge is 2.18. The molecule has 0 radical (unpaired) electrons. The van der Waals surface area contributed by atoms with Crippen LogP contribution in [0.1, 0.15) is 36.7 Å². The zero-order valence-electron chi connectivity index (χ0n) is 22.4. The number of anilines is 3. The maximum atomic E-state index is 12.9. The largest absolute Gasteiger partial charge is 0.444 e. The van der Waals surface area contributed by atoms with Crippen molar-refractivity contribution in [1.29, 1.82) is 0 Å². The number of sulfone groups is 1. The average molecular weight is 580 g/mol. The van der Waals surface area contributed by atoms with Gasteiger partial charge in [0.25, 0.3) is 5.91 Å². The van der Waals surface area contributed by atoms with E-state index in [4.69, 9.17) is 4.74 Å². The van der Waals surface area contributed by atoms with Crippen LogP contribution in [0.5, 0.6) is 0 Å². The maximum Gasteiger partial charge on any atom is 0.407 e. The van der Waals surface area contributed by atoms with Crippen LogP contribution in [0.4, 0.5) is 21.3 Å². The predicted octanol–water partition coefficient (Wildman–Crippen LogP) is 5.63. The number of hydrogen-bond acceptors (Lipinski definition) is 9. The molecule has 4 rings (SSSR count). The minimum absolute atomic E-state index is 0.0745. The fraction of sp³-hybridized carbons (Fsp3) is 0.214. The number of rotatable bonds is 8. The quantitative estimate of drug-likeness (QED) is 0.244. The van der Waals surface area contributed by atoms with Crippen LogP contribution in [0, 0.1) is 0 Å². The molecular formula is C28H29N5O5S2. The molecule has 0 saturated heterocycles. The average Bonchev–Trinajstić information content (AvgIpc) is 3.35. The van der Waals surface area contributed by atoms with Gasteiger partial charge in [0, 0.05) is 47.4 Å². The molecule has 208 valence electrons. The summed E-state index contributed by atoms with van der Waals surface area (Å²) >= 11 is 1.32. The second-order valence-electron chi connectivity index (χ2n) is 9.89. The second kappa shape index (κ2) is 11.8. The minimum Gasteiger partial charge on any atom is -0.444 e. The van der Waals surface area contributed by atoms with Gasteiger partial charge in [0.05, 0.1) is 16.3 Å². The van der Waals surface area contributed by atoms with Gasteiger partial charge in [-0.2, -0.15) is 0 Å². The molecular weight excluding hydrogens is 550 g/mol. The van der Waals surface area contributed by atoms with Crippen LogP contribution in [0.3, 0.4) is 0 Å². The third-order valence-corrected chi connectivity index (χ3v) is 7.30. The highest BCUT2D eigenvalue weighted by atomic mass is 32.2. The van der Waals surface area contributed by atoms with Gasteiger partial charge in [-0.25, -0.2) is 18.2 Å². The molecule has 2 aromatic heterocycles. The van der Waals surface area contributed by atoms with Crippen molar-refractivity contribution >= 4 is 49.7 Å². The summed E-state index contributed by atoms with van der Waals surface area (Å²) in [7, 11) is -3.57. The molecule has 0 aliphatic carbocycles. The van der Waals surface area contributed by atoms with E-state index in [0.717, 1.165) is 17.4 Å². The number of amides is 2. The van der Waals surface area contributed by atoms with Crippen molar-refractivity contribution in [2.45, 2.75) is 37.8 Å². The number of alkyl carbamates (subject to hydrolysis) is 1. The number of nitrogens with zero attached hydrogens (tertiary/aromatic N) is 2. The highest BCUT2D eigenvalue weighted by Crippen LogP contribution is 2.32. The van der Waals surface area contributed by atoms with Crippen LogP contribution in [-0.4, -0.2) is 42.2 Å². The normalized spacial score (nSPS) is 11.5. The summed E-state index contributed by atoms with van der Waals surface area (Å²) in [5, 5.41) is 10.9. The number of benzene rings is 2. The van der Waals surface area contributed by atoms with E-state index < -0.39 is 21.5 Å². The van der Waals surface area contributed by atoms with E-state index in [1.165, 1.54) is 23.5 Å². The molecule has 2 heterocycles. The summed E-state index contributed by atoms with van der Waals surface area (Å²) in [6.45, 7) is 5.60. The first-order valence-corrected chi connectivity index (χ1v) is 15.0. The molecule has 2 amide bonds. The van der Waals surface area contributed by atoms with Gasteiger partial charge in [0.1, 0.15) is 5.60 Å². The Bertz CT molecular complexity index is 1610. The molecule has 0 unspecified atom stereocenters.